The third-order valence-electron chi connectivity index (χ3n) is 3.62. The Balaban J connectivity index is 2.09. The highest BCUT2D eigenvalue weighted by Gasteiger charge is 2.26. The molecule has 0 spiro atoms. The number of hydrogen-bond donors (Lipinski definition) is 0. The van der Waals surface area contributed by atoms with Crippen LogP contribution in [0.2, 0.25) is 0 Å². The van der Waals surface area contributed by atoms with Crippen molar-refractivity contribution in [3.05, 3.63) is 47.8 Å². The third kappa shape index (κ3) is 6.67. The second-order valence-electron chi connectivity index (χ2n) is 7.20. The molecular formula is C20H22Br2N2O4. The first kappa shape index (κ1) is 22.5. The van der Waals surface area contributed by atoms with E-state index < -0.39 is 8.65 Å². The summed E-state index contributed by atoms with van der Waals surface area (Å²) in [6.45, 7) is 7.19. The number of alkyl halides is 2. The number of pyridine rings is 2. The van der Waals surface area contributed by atoms with Gasteiger partial charge in [0.1, 0.15) is 21.9 Å². The molecule has 0 bridgehead atoms. The highest BCUT2D eigenvalue weighted by Crippen LogP contribution is 2.22. The molecule has 2 rings (SSSR count). The summed E-state index contributed by atoms with van der Waals surface area (Å²) >= 11 is 6.56. The standard InChI is InChI=1S/C20H22Br2N2O4/c1-19(2,21)17(25)27-11-13-5-7-23-15(9-13)16-10-14(6-8-24-16)12-28-18(26)20(3,4)22/h5-10H,11-12H2,1-4H3. The average Bonchev–Trinajstić information content (AvgIpc) is 2.63. The third-order valence-corrected chi connectivity index (χ3v) is 4.27. The van der Waals surface area contributed by atoms with Crippen molar-refractivity contribution >= 4 is 43.8 Å². The molecule has 2 aromatic heterocycles. The monoisotopic (exact) mass is 512 g/mol. The Morgan fingerprint density at radius 3 is 1.50 bits per heavy atom. The molecule has 150 valence electrons. The van der Waals surface area contributed by atoms with Gasteiger partial charge >= 0.3 is 11.9 Å². The summed E-state index contributed by atoms with van der Waals surface area (Å²) in [7, 11) is 0. The number of nitrogens with zero attached hydrogens (tertiary/aromatic N) is 2. The number of carbonyl (C=O) groups is 2. The van der Waals surface area contributed by atoms with Crippen molar-refractivity contribution < 1.29 is 19.1 Å². The highest BCUT2D eigenvalue weighted by atomic mass is 79.9. The Morgan fingerprint density at radius 2 is 1.18 bits per heavy atom. The maximum Gasteiger partial charge on any atom is 0.322 e. The van der Waals surface area contributed by atoms with E-state index in [2.05, 4.69) is 41.8 Å². The molecule has 0 aliphatic carbocycles. The summed E-state index contributed by atoms with van der Waals surface area (Å²) in [5.74, 6) is -0.690. The smallest absolute Gasteiger partial charge is 0.322 e. The zero-order valence-electron chi connectivity index (χ0n) is 16.2. The lowest BCUT2D eigenvalue weighted by atomic mass is 10.1. The minimum Gasteiger partial charge on any atom is -0.460 e. The summed E-state index contributed by atoms with van der Waals surface area (Å²) in [5.41, 5.74) is 2.88. The summed E-state index contributed by atoms with van der Waals surface area (Å²) in [4.78, 5) is 32.5. The molecule has 2 heterocycles. The summed E-state index contributed by atoms with van der Waals surface area (Å²) in [6.07, 6.45) is 3.28. The van der Waals surface area contributed by atoms with E-state index in [-0.39, 0.29) is 25.2 Å². The van der Waals surface area contributed by atoms with Crippen LogP contribution in [0.15, 0.2) is 36.7 Å². The van der Waals surface area contributed by atoms with Crippen LogP contribution in [0, 0.1) is 0 Å². The van der Waals surface area contributed by atoms with Gasteiger partial charge in [0.25, 0.3) is 0 Å². The summed E-state index contributed by atoms with van der Waals surface area (Å²) < 4.78 is 9.14. The molecule has 0 atom stereocenters. The minimum atomic E-state index is -0.736. The van der Waals surface area contributed by atoms with Crippen molar-refractivity contribution in [2.24, 2.45) is 0 Å². The van der Waals surface area contributed by atoms with E-state index >= 15 is 0 Å². The van der Waals surface area contributed by atoms with Crippen molar-refractivity contribution in [3.8, 4) is 11.4 Å². The number of carbonyl (C=O) groups excluding carboxylic acids is 2. The van der Waals surface area contributed by atoms with Crippen LogP contribution in [0.5, 0.6) is 0 Å². The van der Waals surface area contributed by atoms with Gasteiger partial charge in [-0.2, -0.15) is 0 Å². The number of rotatable bonds is 7. The van der Waals surface area contributed by atoms with E-state index in [0.717, 1.165) is 11.1 Å². The van der Waals surface area contributed by atoms with Crippen LogP contribution >= 0.6 is 31.9 Å². The first-order valence-corrected chi connectivity index (χ1v) is 10.2. The fourth-order valence-electron chi connectivity index (χ4n) is 2.05. The Labute approximate surface area is 181 Å². The van der Waals surface area contributed by atoms with Gasteiger partial charge in [0.15, 0.2) is 0 Å². The zero-order chi connectivity index (χ0) is 20.9. The quantitative estimate of drug-likeness (QED) is 0.398. The van der Waals surface area contributed by atoms with E-state index in [1.165, 1.54) is 0 Å². The Kier molecular flexibility index (Phi) is 7.33. The zero-order valence-corrected chi connectivity index (χ0v) is 19.3. The molecule has 0 saturated carbocycles. The predicted molar refractivity (Wildman–Crippen MR) is 113 cm³/mol. The molecule has 0 radical (unpaired) electrons. The molecule has 0 saturated heterocycles. The molecule has 0 unspecified atom stereocenters. The van der Waals surface area contributed by atoms with Crippen LogP contribution < -0.4 is 0 Å². The van der Waals surface area contributed by atoms with Crippen molar-refractivity contribution in [3.63, 3.8) is 0 Å². The lowest BCUT2D eigenvalue weighted by molar-refractivity contribution is -0.147. The van der Waals surface area contributed by atoms with E-state index in [0.29, 0.717) is 11.4 Å². The van der Waals surface area contributed by atoms with Crippen LogP contribution in [0.3, 0.4) is 0 Å². The summed E-state index contributed by atoms with van der Waals surface area (Å²) in [5, 5.41) is 0. The van der Waals surface area contributed by atoms with Gasteiger partial charge in [0.2, 0.25) is 0 Å². The Bertz CT molecular complexity index is 786. The molecule has 0 amide bonds. The van der Waals surface area contributed by atoms with Crippen LogP contribution in [0.1, 0.15) is 38.8 Å². The Morgan fingerprint density at radius 1 is 0.821 bits per heavy atom. The Hall–Kier alpha value is -1.80. The fourth-order valence-corrected chi connectivity index (χ4v) is 2.28. The van der Waals surface area contributed by atoms with Gasteiger partial charge < -0.3 is 9.47 Å². The molecule has 28 heavy (non-hydrogen) atoms. The first-order chi connectivity index (χ1) is 13.0. The number of aromatic nitrogens is 2. The van der Waals surface area contributed by atoms with E-state index in [1.807, 2.05) is 12.1 Å². The van der Waals surface area contributed by atoms with Crippen LogP contribution in [-0.2, 0) is 32.3 Å². The lowest BCUT2D eigenvalue weighted by Gasteiger charge is -2.15. The highest BCUT2D eigenvalue weighted by molar-refractivity contribution is 9.10. The lowest BCUT2D eigenvalue weighted by Crippen LogP contribution is -2.26. The first-order valence-electron chi connectivity index (χ1n) is 8.59. The van der Waals surface area contributed by atoms with E-state index in [9.17, 15) is 9.59 Å². The number of halogens is 2. The summed E-state index contributed by atoms with van der Waals surface area (Å²) in [6, 6.07) is 7.19. The maximum atomic E-state index is 11.9. The number of hydrogen-bond acceptors (Lipinski definition) is 6. The predicted octanol–water partition coefficient (Wildman–Crippen LogP) is 4.58. The topological polar surface area (TPSA) is 78.4 Å². The van der Waals surface area contributed by atoms with Crippen molar-refractivity contribution in [2.45, 2.75) is 49.6 Å². The van der Waals surface area contributed by atoms with Crippen LogP contribution in [-0.4, -0.2) is 30.6 Å². The molecular weight excluding hydrogens is 492 g/mol. The van der Waals surface area contributed by atoms with Crippen LogP contribution in [0.4, 0.5) is 0 Å². The molecule has 0 aliphatic heterocycles. The molecule has 0 fully saturated rings. The minimum absolute atomic E-state index is 0.140. The van der Waals surface area contributed by atoms with Crippen molar-refractivity contribution in [1.82, 2.24) is 9.97 Å². The second kappa shape index (κ2) is 9.13. The van der Waals surface area contributed by atoms with Crippen molar-refractivity contribution in [1.29, 1.82) is 0 Å². The molecule has 0 aliphatic rings. The van der Waals surface area contributed by atoms with Gasteiger partial charge in [0, 0.05) is 12.4 Å². The normalized spacial score (nSPS) is 11.8. The SMILES string of the molecule is CC(C)(Br)C(=O)OCc1ccnc(-c2cc(COC(=O)C(C)(C)Br)ccn2)c1. The number of esters is 2. The van der Waals surface area contributed by atoms with Crippen molar-refractivity contribution in [2.75, 3.05) is 0 Å². The average molecular weight is 514 g/mol. The van der Waals surface area contributed by atoms with E-state index in [4.69, 9.17) is 9.47 Å². The van der Waals surface area contributed by atoms with Gasteiger partial charge in [-0.3, -0.25) is 19.6 Å². The molecule has 2 aromatic rings. The molecule has 0 N–H and O–H groups in total. The second-order valence-corrected chi connectivity index (χ2v) is 11.2. The van der Waals surface area contributed by atoms with Crippen LogP contribution in [0.25, 0.3) is 11.4 Å². The largest absolute Gasteiger partial charge is 0.460 e. The van der Waals surface area contributed by atoms with Gasteiger partial charge in [-0.15, -0.1) is 0 Å². The van der Waals surface area contributed by atoms with Gasteiger partial charge in [-0.05, 0) is 63.1 Å². The molecule has 6 nitrogen and oxygen atoms in total. The van der Waals surface area contributed by atoms with Gasteiger partial charge in [-0.25, -0.2) is 0 Å². The number of ether oxygens (including phenoxy) is 2. The maximum absolute atomic E-state index is 11.9. The van der Waals surface area contributed by atoms with Gasteiger partial charge in [0.05, 0.1) is 11.4 Å². The van der Waals surface area contributed by atoms with E-state index in [1.54, 1.807) is 52.2 Å². The van der Waals surface area contributed by atoms with Gasteiger partial charge in [-0.1, -0.05) is 31.9 Å². The molecule has 8 heteroatoms. The molecule has 0 aromatic carbocycles. The fraction of sp³-hybridized carbons (Fsp3) is 0.400.